The van der Waals surface area contributed by atoms with Gasteiger partial charge in [-0.2, -0.15) is 4.57 Å². The number of hydrogen-bond acceptors (Lipinski definition) is 0. The molecule has 0 N–H and O–H groups in total. The van der Waals surface area contributed by atoms with Gasteiger partial charge in [0.1, 0.15) is 0 Å². The quantitative estimate of drug-likeness (QED) is 0.515. The van der Waals surface area contributed by atoms with Gasteiger partial charge in [-0.3, -0.25) is 0 Å². The zero-order valence-corrected chi connectivity index (χ0v) is 15.0. The lowest BCUT2D eigenvalue weighted by atomic mass is 10.0. The Bertz CT molecular complexity index is 491. The van der Waals surface area contributed by atoms with Crippen molar-refractivity contribution in [2.45, 2.75) is 39.8 Å². The maximum absolute atomic E-state index is 2.31. The molecule has 114 valence electrons. The summed E-state index contributed by atoms with van der Waals surface area (Å²) in [5.74, 6) is 0.763. The average Bonchev–Trinajstić information content (AvgIpc) is 2.55. The Morgan fingerprint density at radius 3 is 2.00 bits per heavy atom. The average molecular weight is 302 g/mol. The number of para-hydroxylation sites is 1. The molecule has 0 aliphatic carbocycles. The Hall–Kier alpha value is -1.20. The van der Waals surface area contributed by atoms with Crippen molar-refractivity contribution in [2.75, 3.05) is 6.66 Å². The van der Waals surface area contributed by atoms with Crippen molar-refractivity contribution in [3.63, 3.8) is 0 Å². The number of aromatic nitrogens is 1. The zero-order valence-electron chi connectivity index (χ0n) is 14.0. The van der Waals surface area contributed by atoms with Crippen molar-refractivity contribution in [1.29, 1.82) is 0 Å². The molecule has 0 amide bonds. The van der Waals surface area contributed by atoms with Crippen LogP contribution >= 0.6 is 8.58 Å². The van der Waals surface area contributed by atoms with Crippen LogP contribution in [0.15, 0.2) is 54.9 Å². The van der Waals surface area contributed by atoms with Crippen molar-refractivity contribution in [3.8, 4) is 5.69 Å². The minimum atomic E-state index is 0.713. The zero-order chi connectivity index (χ0) is 15.7. The molecule has 2 aromatic rings. The molecule has 0 radical (unpaired) electrons. The van der Waals surface area contributed by atoms with Gasteiger partial charge < -0.3 is 0 Å². The van der Waals surface area contributed by atoms with Crippen molar-refractivity contribution in [1.82, 2.24) is 0 Å². The molecular formula is C19H29NP+. The number of pyridine rings is 1. The fourth-order valence-electron chi connectivity index (χ4n) is 2.33. The molecular weight excluding hydrogens is 273 g/mol. The molecule has 1 aromatic heterocycles. The third-order valence-corrected chi connectivity index (χ3v) is 4.63. The van der Waals surface area contributed by atoms with E-state index in [0.29, 0.717) is 5.66 Å². The van der Waals surface area contributed by atoms with Gasteiger partial charge in [0.15, 0.2) is 12.4 Å². The molecule has 2 heteroatoms. The first-order valence-corrected chi connectivity index (χ1v) is 9.52. The highest BCUT2D eigenvalue weighted by molar-refractivity contribution is 7.37. The van der Waals surface area contributed by atoms with Crippen molar-refractivity contribution < 1.29 is 4.57 Å². The van der Waals surface area contributed by atoms with Gasteiger partial charge >= 0.3 is 0 Å². The standard InChI is InChI=1S/C17H23NP.C2H6/c1-14(2)13-17(19-3)15-9-11-18(12-10-15)16-7-5-4-6-8-16;1-2/h4-12,14,17,19H,13H2,1-3H3;1-2H3/q+1;. The summed E-state index contributed by atoms with van der Waals surface area (Å²) >= 11 is 0. The molecule has 2 unspecified atom stereocenters. The lowest BCUT2D eigenvalue weighted by Crippen LogP contribution is -2.29. The number of nitrogens with zero attached hydrogens (tertiary/aromatic N) is 1. The third-order valence-electron chi connectivity index (χ3n) is 3.37. The summed E-state index contributed by atoms with van der Waals surface area (Å²) in [7, 11) is 0.973. The topological polar surface area (TPSA) is 3.88 Å². The van der Waals surface area contributed by atoms with Crippen LogP contribution in [0.1, 0.15) is 45.3 Å². The molecule has 1 heterocycles. The van der Waals surface area contributed by atoms with Crippen LogP contribution in [0.3, 0.4) is 0 Å². The van der Waals surface area contributed by atoms with Gasteiger partial charge in [0, 0.05) is 29.9 Å². The Kier molecular flexibility index (Phi) is 8.23. The SMILES string of the molecule is CC.CPC(CC(C)C)c1cc[n+](-c2ccccc2)cc1. The first-order chi connectivity index (χ1) is 10.2. The Morgan fingerprint density at radius 1 is 0.952 bits per heavy atom. The van der Waals surface area contributed by atoms with E-state index in [4.69, 9.17) is 0 Å². The maximum Gasteiger partial charge on any atom is 0.210 e. The van der Waals surface area contributed by atoms with Gasteiger partial charge in [0.2, 0.25) is 5.69 Å². The highest BCUT2D eigenvalue weighted by Crippen LogP contribution is 2.36. The summed E-state index contributed by atoms with van der Waals surface area (Å²) in [5.41, 5.74) is 3.40. The summed E-state index contributed by atoms with van der Waals surface area (Å²) in [6.07, 6.45) is 5.64. The largest absolute Gasteiger partial charge is 0.210 e. The van der Waals surface area contributed by atoms with E-state index in [9.17, 15) is 0 Å². The summed E-state index contributed by atoms with van der Waals surface area (Å²) in [5, 5.41) is 0. The second-order valence-electron chi connectivity index (χ2n) is 5.35. The van der Waals surface area contributed by atoms with Crippen LogP contribution in [0.5, 0.6) is 0 Å². The second kappa shape index (κ2) is 9.68. The Labute approximate surface area is 132 Å². The van der Waals surface area contributed by atoms with Gasteiger partial charge in [-0.15, -0.1) is 8.58 Å². The highest BCUT2D eigenvalue weighted by Gasteiger charge is 2.13. The van der Waals surface area contributed by atoms with E-state index in [1.54, 1.807) is 0 Å². The molecule has 0 bridgehead atoms. The summed E-state index contributed by atoms with van der Waals surface area (Å²) in [6.45, 7) is 10.9. The van der Waals surface area contributed by atoms with E-state index >= 15 is 0 Å². The Morgan fingerprint density at radius 2 is 1.52 bits per heavy atom. The van der Waals surface area contributed by atoms with Gasteiger partial charge in [0.25, 0.3) is 0 Å². The van der Waals surface area contributed by atoms with Crippen molar-refractivity contribution in [3.05, 3.63) is 60.4 Å². The molecule has 0 aliphatic heterocycles. The van der Waals surface area contributed by atoms with E-state index in [2.05, 4.69) is 79.9 Å². The van der Waals surface area contributed by atoms with Crippen LogP contribution < -0.4 is 4.57 Å². The molecule has 21 heavy (non-hydrogen) atoms. The van der Waals surface area contributed by atoms with Crippen LogP contribution in [0.2, 0.25) is 0 Å². The molecule has 2 atom stereocenters. The lowest BCUT2D eigenvalue weighted by molar-refractivity contribution is -0.595. The summed E-state index contributed by atoms with van der Waals surface area (Å²) < 4.78 is 2.18. The summed E-state index contributed by atoms with van der Waals surface area (Å²) in [4.78, 5) is 0. The predicted octanol–water partition coefficient (Wildman–Crippen LogP) is 5.39. The number of hydrogen-bond donors (Lipinski definition) is 0. The maximum atomic E-state index is 2.31. The first kappa shape index (κ1) is 17.9. The molecule has 2 rings (SSSR count). The third kappa shape index (κ3) is 5.59. The van der Waals surface area contributed by atoms with Gasteiger partial charge in [-0.1, -0.05) is 45.9 Å². The molecule has 0 spiro atoms. The van der Waals surface area contributed by atoms with Crippen molar-refractivity contribution in [2.24, 2.45) is 5.92 Å². The molecule has 1 aromatic carbocycles. The van der Waals surface area contributed by atoms with Crippen LogP contribution in [0.4, 0.5) is 0 Å². The predicted molar refractivity (Wildman–Crippen MR) is 95.8 cm³/mol. The summed E-state index contributed by atoms with van der Waals surface area (Å²) in [6, 6.07) is 15.0. The smallest absolute Gasteiger partial charge is 0.167 e. The number of benzene rings is 1. The van der Waals surface area contributed by atoms with Gasteiger partial charge in [-0.05, 0) is 24.6 Å². The van der Waals surface area contributed by atoms with Crippen molar-refractivity contribution >= 4 is 8.58 Å². The van der Waals surface area contributed by atoms with E-state index in [1.165, 1.54) is 17.7 Å². The van der Waals surface area contributed by atoms with Crippen LogP contribution in [0, 0.1) is 5.92 Å². The molecule has 0 fully saturated rings. The molecule has 0 aliphatic rings. The lowest BCUT2D eigenvalue weighted by Gasteiger charge is -2.16. The fraction of sp³-hybridized carbons (Fsp3) is 0.421. The fourth-order valence-corrected chi connectivity index (χ4v) is 3.57. The molecule has 1 nitrogen and oxygen atoms in total. The van der Waals surface area contributed by atoms with Crippen LogP contribution in [-0.4, -0.2) is 6.66 Å². The van der Waals surface area contributed by atoms with Gasteiger partial charge in [0.05, 0.1) is 0 Å². The van der Waals surface area contributed by atoms with Gasteiger partial charge in [-0.25, -0.2) is 0 Å². The van der Waals surface area contributed by atoms with Crippen LogP contribution in [-0.2, 0) is 0 Å². The van der Waals surface area contributed by atoms with Crippen LogP contribution in [0.25, 0.3) is 5.69 Å². The molecule has 0 saturated heterocycles. The Balaban J connectivity index is 0.00000106. The van der Waals surface area contributed by atoms with E-state index in [1.807, 2.05) is 13.8 Å². The molecule has 0 saturated carbocycles. The van der Waals surface area contributed by atoms with E-state index < -0.39 is 0 Å². The monoisotopic (exact) mass is 302 g/mol. The normalized spacial score (nSPS) is 12.3. The minimum Gasteiger partial charge on any atom is -0.167 e. The highest BCUT2D eigenvalue weighted by atomic mass is 31.1. The van der Waals surface area contributed by atoms with E-state index in [0.717, 1.165) is 14.5 Å². The number of rotatable bonds is 5. The second-order valence-corrected chi connectivity index (χ2v) is 6.62. The first-order valence-electron chi connectivity index (χ1n) is 7.94. The van der Waals surface area contributed by atoms with E-state index in [-0.39, 0.29) is 0 Å². The minimum absolute atomic E-state index is 0.713.